The highest BCUT2D eigenvalue weighted by atomic mass is 16.6. The molecule has 0 aromatic heterocycles. The fourth-order valence-electron chi connectivity index (χ4n) is 2.35. The average molecular weight is 262 g/mol. The number of ether oxygens (including phenoxy) is 1. The van der Waals surface area contributed by atoms with Crippen LogP contribution in [0.4, 0.5) is 0 Å². The minimum Gasteiger partial charge on any atom is -0.343 e. The van der Waals surface area contributed by atoms with Gasteiger partial charge in [0.15, 0.2) is 6.23 Å². The second-order valence-electron chi connectivity index (χ2n) is 4.75. The molecule has 0 radical (unpaired) electrons. The van der Waals surface area contributed by atoms with Crippen molar-refractivity contribution in [1.29, 1.82) is 0 Å². The molecule has 0 aromatic rings. The number of nitrogens with zero attached hydrogens (tertiary/aromatic N) is 2. The van der Waals surface area contributed by atoms with Crippen LogP contribution >= 0.6 is 0 Å². The van der Waals surface area contributed by atoms with E-state index in [1.807, 2.05) is 0 Å². The molecular formula is C13H14N2O4. The van der Waals surface area contributed by atoms with Crippen molar-refractivity contribution in [3.8, 4) is 0 Å². The Labute approximate surface area is 110 Å². The van der Waals surface area contributed by atoms with Crippen LogP contribution < -0.4 is 0 Å². The molecule has 0 aliphatic carbocycles. The van der Waals surface area contributed by atoms with E-state index in [1.54, 1.807) is 11.0 Å². The first-order chi connectivity index (χ1) is 9.16. The number of unbranched alkanes of at least 4 members (excludes halogenated alkanes) is 1. The summed E-state index contributed by atoms with van der Waals surface area (Å²) in [4.78, 5) is 37.2. The number of epoxide rings is 1. The Morgan fingerprint density at radius 2 is 1.63 bits per heavy atom. The van der Waals surface area contributed by atoms with Gasteiger partial charge in [0, 0.05) is 31.3 Å². The number of amides is 3. The summed E-state index contributed by atoms with van der Waals surface area (Å²) < 4.78 is 5.32. The molecule has 3 heterocycles. The zero-order valence-corrected chi connectivity index (χ0v) is 10.3. The number of fused-ring (bicyclic) bond motifs is 1. The van der Waals surface area contributed by atoms with Crippen LogP contribution in [-0.2, 0) is 19.1 Å². The van der Waals surface area contributed by atoms with E-state index < -0.39 is 0 Å². The van der Waals surface area contributed by atoms with Crippen LogP contribution in [-0.4, -0.2) is 52.9 Å². The Bertz CT molecular complexity index is 479. The maximum atomic E-state index is 11.6. The smallest absolute Gasteiger partial charge is 0.253 e. The maximum Gasteiger partial charge on any atom is 0.253 e. The van der Waals surface area contributed by atoms with Gasteiger partial charge in [-0.3, -0.25) is 19.3 Å². The van der Waals surface area contributed by atoms with Crippen LogP contribution in [0.5, 0.6) is 0 Å². The van der Waals surface area contributed by atoms with Gasteiger partial charge < -0.3 is 9.64 Å². The van der Waals surface area contributed by atoms with Gasteiger partial charge >= 0.3 is 0 Å². The molecule has 0 N–H and O–H groups in total. The molecule has 1 saturated heterocycles. The van der Waals surface area contributed by atoms with Crippen LogP contribution in [0.15, 0.2) is 24.3 Å². The molecule has 6 nitrogen and oxygen atoms in total. The largest absolute Gasteiger partial charge is 0.343 e. The van der Waals surface area contributed by atoms with E-state index in [-0.39, 0.29) is 30.1 Å². The molecule has 19 heavy (non-hydrogen) atoms. The summed E-state index contributed by atoms with van der Waals surface area (Å²) in [7, 11) is 0. The summed E-state index contributed by atoms with van der Waals surface area (Å²) in [5.74, 6) is -0.547. The Morgan fingerprint density at radius 3 is 2.37 bits per heavy atom. The second kappa shape index (κ2) is 4.62. The summed E-state index contributed by atoms with van der Waals surface area (Å²) in [5, 5.41) is 0. The van der Waals surface area contributed by atoms with Crippen molar-refractivity contribution >= 4 is 17.7 Å². The van der Waals surface area contributed by atoms with Crippen LogP contribution in [0.1, 0.15) is 12.8 Å². The van der Waals surface area contributed by atoms with Crippen molar-refractivity contribution in [2.45, 2.75) is 25.2 Å². The number of carbonyl (C=O) groups excluding carboxylic acids is 3. The predicted molar refractivity (Wildman–Crippen MR) is 64.6 cm³/mol. The van der Waals surface area contributed by atoms with Gasteiger partial charge in [0.25, 0.3) is 11.8 Å². The fourth-order valence-corrected chi connectivity index (χ4v) is 2.35. The maximum absolute atomic E-state index is 11.6. The third-order valence-corrected chi connectivity index (χ3v) is 3.45. The zero-order chi connectivity index (χ0) is 13.4. The molecule has 0 bridgehead atoms. The number of imide groups is 1. The number of rotatable bonds is 5. The van der Waals surface area contributed by atoms with Crippen LogP contribution in [0.2, 0.25) is 0 Å². The van der Waals surface area contributed by atoms with Crippen molar-refractivity contribution in [2.24, 2.45) is 0 Å². The minimum atomic E-state index is -0.257. The quantitative estimate of drug-likeness (QED) is 0.391. The van der Waals surface area contributed by atoms with Crippen LogP contribution in [0, 0.1) is 0 Å². The van der Waals surface area contributed by atoms with Gasteiger partial charge in [-0.05, 0) is 18.9 Å². The molecule has 3 aliphatic rings. The number of carbonyl (C=O) groups is 3. The minimum absolute atomic E-state index is 0.0336. The summed E-state index contributed by atoms with van der Waals surface area (Å²) >= 11 is 0. The summed E-state index contributed by atoms with van der Waals surface area (Å²) in [6, 6.07) is 0. The molecule has 1 fully saturated rings. The van der Waals surface area contributed by atoms with Gasteiger partial charge in [-0.15, -0.1) is 0 Å². The third-order valence-electron chi connectivity index (χ3n) is 3.45. The molecule has 3 amide bonds. The van der Waals surface area contributed by atoms with E-state index >= 15 is 0 Å². The average Bonchev–Trinajstić information content (AvgIpc) is 3.10. The van der Waals surface area contributed by atoms with Gasteiger partial charge in [-0.25, -0.2) is 0 Å². The van der Waals surface area contributed by atoms with E-state index in [0.29, 0.717) is 19.5 Å². The lowest BCUT2D eigenvalue weighted by atomic mass is 10.2. The lowest BCUT2D eigenvalue weighted by molar-refractivity contribution is -0.137. The SMILES string of the molecule is O=C1C=CC(=O)N1CCCCN1C(=O)C=CC2OC21. The first kappa shape index (κ1) is 12.1. The first-order valence-corrected chi connectivity index (χ1v) is 6.34. The number of hydrogen-bond donors (Lipinski definition) is 0. The van der Waals surface area contributed by atoms with Gasteiger partial charge in [0.2, 0.25) is 5.91 Å². The van der Waals surface area contributed by atoms with Gasteiger partial charge in [-0.1, -0.05) is 0 Å². The molecule has 2 unspecified atom stereocenters. The van der Waals surface area contributed by atoms with Gasteiger partial charge in [0.05, 0.1) is 0 Å². The normalized spacial score (nSPS) is 28.3. The lowest BCUT2D eigenvalue weighted by Gasteiger charge is -2.21. The zero-order valence-electron chi connectivity index (χ0n) is 10.3. The predicted octanol–water partition coefficient (Wildman–Crippen LogP) is -0.185. The molecule has 2 atom stereocenters. The Morgan fingerprint density at radius 1 is 0.947 bits per heavy atom. The summed E-state index contributed by atoms with van der Waals surface area (Å²) in [5.41, 5.74) is 0. The van der Waals surface area contributed by atoms with E-state index in [2.05, 4.69) is 0 Å². The highest BCUT2D eigenvalue weighted by molar-refractivity contribution is 6.12. The summed E-state index contributed by atoms with van der Waals surface area (Å²) in [6.07, 6.45) is 7.25. The molecule has 3 rings (SSSR count). The molecular weight excluding hydrogens is 248 g/mol. The second-order valence-corrected chi connectivity index (χ2v) is 4.75. The highest BCUT2D eigenvalue weighted by Crippen LogP contribution is 2.31. The van der Waals surface area contributed by atoms with E-state index in [4.69, 9.17) is 4.74 Å². The van der Waals surface area contributed by atoms with Crippen molar-refractivity contribution in [3.63, 3.8) is 0 Å². The molecule has 3 aliphatic heterocycles. The Kier molecular flexibility index (Phi) is 2.94. The van der Waals surface area contributed by atoms with E-state index in [0.717, 1.165) is 6.42 Å². The van der Waals surface area contributed by atoms with Gasteiger partial charge in [-0.2, -0.15) is 0 Å². The summed E-state index contributed by atoms with van der Waals surface area (Å²) in [6.45, 7) is 0.992. The van der Waals surface area contributed by atoms with E-state index in [1.165, 1.54) is 23.1 Å². The topological polar surface area (TPSA) is 70.2 Å². The fraction of sp³-hybridized carbons (Fsp3) is 0.462. The van der Waals surface area contributed by atoms with Crippen LogP contribution in [0.3, 0.4) is 0 Å². The monoisotopic (exact) mass is 262 g/mol. The van der Waals surface area contributed by atoms with Gasteiger partial charge in [0.1, 0.15) is 6.10 Å². The molecule has 0 spiro atoms. The molecule has 6 heteroatoms. The number of hydrogen-bond acceptors (Lipinski definition) is 4. The Hall–Kier alpha value is -1.95. The standard InChI is InChI=1S/C13H14N2O4/c16-10-5-6-11(17)14(10)7-1-2-8-15-12(18)4-3-9-13(15)19-9/h3-6,9,13H,1-2,7-8H2. The first-order valence-electron chi connectivity index (χ1n) is 6.34. The van der Waals surface area contributed by atoms with E-state index in [9.17, 15) is 14.4 Å². The third kappa shape index (κ3) is 2.31. The van der Waals surface area contributed by atoms with Crippen LogP contribution in [0.25, 0.3) is 0 Å². The van der Waals surface area contributed by atoms with Crippen molar-refractivity contribution in [1.82, 2.24) is 9.80 Å². The molecule has 0 saturated carbocycles. The molecule has 100 valence electrons. The highest BCUT2D eigenvalue weighted by Gasteiger charge is 2.46. The lowest BCUT2D eigenvalue weighted by Crippen LogP contribution is -2.37. The van der Waals surface area contributed by atoms with Crippen molar-refractivity contribution in [2.75, 3.05) is 13.1 Å². The Balaban J connectivity index is 1.42. The van der Waals surface area contributed by atoms with Crippen molar-refractivity contribution in [3.05, 3.63) is 24.3 Å². The van der Waals surface area contributed by atoms with Crippen molar-refractivity contribution < 1.29 is 19.1 Å². The molecule has 0 aromatic carbocycles.